The Hall–Kier alpha value is -2.21. The zero-order valence-corrected chi connectivity index (χ0v) is 15.3. The Balaban J connectivity index is 1.57. The SMILES string of the molecule is O=C(COC(=O)CC1CCCC1)N[C@H](c1ccc(F)cc1)c1cccs1. The molecule has 4 nitrogen and oxygen atoms in total. The van der Waals surface area contributed by atoms with Crippen molar-refractivity contribution in [3.63, 3.8) is 0 Å². The summed E-state index contributed by atoms with van der Waals surface area (Å²) in [6.07, 6.45) is 4.84. The van der Waals surface area contributed by atoms with Crippen LogP contribution >= 0.6 is 11.3 Å². The minimum absolute atomic E-state index is 0.297. The van der Waals surface area contributed by atoms with Crippen LogP contribution in [0.5, 0.6) is 0 Å². The minimum Gasteiger partial charge on any atom is -0.456 e. The summed E-state index contributed by atoms with van der Waals surface area (Å²) in [5.41, 5.74) is 0.777. The van der Waals surface area contributed by atoms with Gasteiger partial charge in [0.2, 0.25) is 0 Å². The molecule has 1 saturated carbocycles. The Morgan fingerprint density at radius 1 is 1.19 bits per heavy atom. The molecule has 0 aliphatic heterocycles. The average Bonchev–Trinajstić information content (AvgIpc) is 3.33. The monoisotopic (exact) mass is 375 g/mol. The van der Waals surface area contributed by atoms with Crippen LogP contribution < -0.4 is 5.32 Å². The lowest BCUT2D eigenvalue weighted by Gasteiger charge is -2.18. The zero-order chi connectivity index (χ0) is 18.4. The van der Waals surface area contributed by atoms with Gasteiger partial charge in [0.1, 0.15) is 5.82 Å². The van der Waals surface area contributed by atoms with E-state index in [1.807, 2.05) is 17.5 Å². The number of rotatable bonds is 7. The topological polar surface area (TPSA) is 55.4 Å². The van der Waals surface area contributed by atoms with Crippen molar-refractivity contribution in [1.29, 1.82) is 0 Å². The van der Waals surface area contributed by atoms with Gasteiger partial charge in [-0.15, -0.1) is 11.3 Å². The maximum Gasteiger partial charge on any atom is 0.306 e. The van der Waals surface area contributed by atoms with Crippen LogP contribution in [0.1, 0.15) is 48.6 Å². The zero-order valence-electron chi connectivity index (χ0n) is 14.4. The van der Waals surface area contributed by atoms with Gasteiger partial charge in [-0.25, -0.2) is 4.39 Å². The fourth-order valence-electron chi connectivity index (χ4n) is 3.29. The van der Waals surface area contributed by atoms with E-state index in [1.165, 1.54) is 36.3 Å². The Morgan fingerprint density at radius 3 is 2.58 bits per heavy atom. The summed E-state index contributed by atoms with van der Waals surface area (Å²) >= 11 is 1.50. The highest BCUT2D eigenvalue weighted by molar-refractivity contribution is 7.10. The molecule has 1 aliphatic carbocycles. The number of esters is 1. The highest BCUT2D eigenvalue weighted by Crippen LogP contribution is 2.28. The molecule has 0 spiro atoms. The molecular formula is C20H22FNO3S. The molecule has 0 radical (unpaired) electrons. The van der Waals surface area contributed by atoms with Crippen LogP contribution in [0.2, 0.25) is 0 Å². The Kier molecular flexibility index (Phi) is 6.39. The molecule has 1 N–H and O–H groups in total. The van der Waals surface area contributed by atoms with Crippen molar-refractivity contribution in [2.24, 2.45) is 5.92 Å². The smallest absolute Gasteiger partial charge is 0.306 e. The molecule has 1 aromatic carbocycles. The largest absolute Gasteiger partial charge is 0.456 e. The number of carbonyl (C=O) groups excluding carboxylic acids is 2. The summed E-state index contributed by atoms with van der Waals surface area (Å²) in [5.74, 6) is -0.622. The van der Waals surface area contributed by atoms with Crippen LogP contribution in [0, 0.1) is 11.7 Å². The standard InChI is InChI=1S/C20H22FNO3S/c21-16-9-7-15(8-10-16)20(17-6-3-11-26-17)22-18(23)13-25-19(24)12-14-4-1-2-5-14/h3,6-11,14,20H,1-2,4-5,12-13H2,(H,22,23)/t20-/m1/s1. The molecule has 1 aromatic heterocycles. The first kappa shape index (κ1) is 18.6. The van der Waals surface area contributed by atoms with E-state index in [-0.39, 0.29) is 24.3 Å². The van der Waals surface area contributed by atoms with E-state index in [0.29, 0.717) is 12.3 Å². The molecule has 26 heavy (non-hydrogen) atoms. The number of benzene rings is 1. The number of nitrogens with one attached hydrogen (secondary N) is 1. The van der Waals surface area contributed by atoms with Crippen LogP contribution in [0.25, 0.3) is 0 Å². The second kappa shape index (κ2) is 8.94. The van der Waals surface area contributed by atoms with Crippen molar-refractivity contribution in [2.75, 3.05) is 6.61 Å². The molecule has 138 valence electrons. The third-order valence-corrected chi connectivity index (χ3v) is 5.57. The van der Waals surface area contributed by atoms with Gasteiger partial charge in [0.15, 0.2) is 6.61 Å². The van der Waals surface area contributed by atoms with E-state index in [9.17, 15) is 14.0 Å². The van der Waals surface area contributed by atoms with Gasteiger partial charge in [0, 0.05) is 11.3 Å². The first-order valence-corrected chi connectivity index (χ1v) is 9.73. The van der Waals surface area contributed by atoms with Crippen molar-refractivity contribution < 1.29 is 18.7 Å². The quantitative estimate of drug-likeness (QED) is 0.738. The molecule has 0 saturated heterocycles. The van der Waals surface area contributed by atoms with Crippen molar-refractivity contribution in [3.8, 4) is 0 Å². The number of hydrogen-bond acceptors (Lipinski definition) is 4. The summed E-state index contributed by atoms with van der Waals surface area (Å²) in [5, 5.41) is 4.79. The number of hydrogen-bond donors (Lipinski definition) is 1. The highest BCUT2D eigenvalue weighted by atomic mass is 32.1. The molecule has 1 atom stereocenters. The third-order valence-electron chi connectivity index (χ3n) is 4.63. The van der Waals surface area contributed by atoms with Crippen molar-refractivity contribution >= 4 is 23.2 Å². The van der Waals surface area contributed by atoms with Crippen LogP contribution in [-0.4, -0.2) is 18.5 Å². The van der Waals surface area contributed by atoms with E-state index in [1.54, 1.807) is 12.1 Å². The van der Waals surface area contributed by atoms with Crippen molar-refractivity contribution in [2.45, 2.75) is 38.1 Å². The number of ether oxygens (including phenoxy) is 1. The van der Waals surface area contributed by atoms with Gasteiger partial charge in [-0.2, -0.15) is 0 Å². The normalized spacial score (nSPS) is 15.6. The van der Waals surface area contributed by atoms with Gasteiger partial charge < -0.3 is 10.1 Å². The van der Waals surface area contributed by atoms with Gasteiger partial charge in [-0.05, 0) is 47.9 Å². The lowest BCUT2D eigenvalue weighted by molar-refractivity contribution is -0.149. The lowest BCUT2D eigenvalue weighted by Crippen LogP contribution is -2.32. The van der Waals surface area contributed by atoms with E-state index in [2.05, 4.69) is 5.32 Å². The number of amides is 1. The molecule has 1 heterocycles. The van der Waals surface area contributed by atoms with E-state index in [0.717, 1.165) is 23.3 Å². The Labute approximate surface area is 156 Å². The minimum atomic E-state index is -0.392. The van der Waals surface area contributed by atoms with Gasteiger partial charge in [0.05, 0.1) is 6.04 Å². The number of thiophene rings is 1. The van der Waals surface area contributed by atoms with Gasteiger partial charge in [-0.3, -0.25) is 9.59 Å². The summed E-state index contributed by atoms with van der Waals surface area (Å²) in [7, 11) is 0. The van der Waals surface area contributed by atoms with Crippen molar-refractivity contribution in [3.05, 3.63) is 58.0 Å². The second-order valence-electron chi connectivity index (χ2n) is 6.58. The molecule has 3 rings (SSSR count). The first-order valence-electron chi connectivity index (χ1n) is 8.85. The predicted octanol–water partition coefficient (Wildman–Crippen LogP) is 4.22. The Morgan fingerprint density at radius 2 is 1.92 bits per heavy atom. The molecule has 0 bridgehead atoms. The average molecular weight is 375 g/mol. The molecule has 2 aromatic rings. The van der Waals surface area contributed by atoms with Crippen molar-refractivity contribution in [1.82, 2.24) is 5.32 Å². The summed E-state index contributed by atoms with van der Waals surface area (Å²) < 4.78 is 18.3. The molecule has 1 fully saturated rings. The molecule has 0 unspecified atom stereocenters. The highest BCUT2D eigenvalue weighted by Gasteiger charge is 2.21. The maximum absolute atomic E-state index is 13.2. The van der Waals surface area contributed by atoms with Crippen LogP contribution in [0.3, 0.4) is 0 Å². The summed E-state index contributed by atoms with van der Waals surface area (Å²) in [6, 6.07) is 9.43. The van der Waals surface area contributed by atoms with Crippen LogP contribution in [0.4, 0.5) is 4.39 Å². The molecule has 6 heteroatoms. The third kappa shape index (κ3) is 5.14. The first-order chi connectivity index (χ1) is 12.6. The predicted molar refractivity (Wildman–Crippen MR) is 98.2 cm³/mol. The van der Waals surface area contributed by atoms with E-state index in [4.69, 9.17) is 4.74 Å². The second-order valence-corrected chi connectivity index (χ2v) is 7.56. The maximum atomic E-state index is 13.2. The number of halogens is 1. The number of carbonyl (C=O) groups is 2. The van der Waals surface area contributed by atoms with Gasteiger partial charge in [-0.1, -0.05) is 31.0 Å². The Bertz CT molecular complexity index is 724. The van der Waals surface area contributed by atoms with Crippen LogP contribution in [-0.2, 0) is 14.3 Å². The van der Waals surface area contributed by atoms with Gasteiger partial charge >= 0.3 is 5.97 Å². The summed E-state index contributed by atoms with van der Waals surface area (Å²) in [4.78, 5) is 25.1. The lowest BCUT2D eigenvalue weighted by atomic mass is 10.0. The van der Waals surface area contributed by atoms with Gasteiger partial charge in [0.25, 0.3) is 5.91 Å². The fourth-order valence-corrected chi connectivity index (χ4v) is 4.09. The molecular weight excluding hydrogens is 353 g/mol. The molecule has 1 amide bonds. The summed E-state index contributed by atoms with van der Waals surface area (Å²) in [6.45, 7) is -0.297. The molecule has 1 aliphatic rings. The van der Waals surface area contributed by atoms with Crippen LogP contribution in [0.15, 0.2) is 41.8 Å². The van der Waals surface area contributed by atoms with E-state index >= 15 is 0 Å². The van der Waals surface area contributed by atoms with E-state index < -0.39 is 6.04 Å². The fraction of sp³-hybridized carbons (Fsp3) is 0.400.